The lowest BCUT2D eigenvalue weighted by atomic mass is 10.2. The third-order valence-electron chi connectivity index (χ3n) is 6.97. The van der Waals surface area contributed by atoms with E-state index in [0.29, 0.717) is 53.6 Å². The van der Waals surface area contributed by atoms with Gasteiger partial charge in [0.1, 0.15) is 6.33 Å². The average Bonchev–Trinajstić information content (AvgIpc) is 3.73. The van der Waals surface area contributed by atoms with Gasteiger partial charge in [-0.25, -0.2) is 14.6 Å². The van der Waals surface area contributed by atoms with Gasteiger partial charge in [-0.15, -0.1) is 5.10 Å². The standard InChI is InChI=1S/C24H24Cl2N10O4/c1-31-19-18(21(37)32(2)23(31)38)36(12-17-29-30-20(40-17)14-3-4-15(25)16(26)11-14)22(28-19)33-7-9-34(10-8-33)24(39)35-6-5-27-13-35/h3-6,11,13,17,29H,7-10,12H2,1-2H3. The van der Waals surface area contributed by atoms with Gasteiger partial charge < -0.3 is 14.5 Å². The first-order chi connectivity index (χ1) is 19.2. The molecular formula is C24H24Cl2N10O4. The van der Waals surface area contributed by atoms with Crippen LogP contribution in [0.15, 0.2) is 51.6 Å². The Morgan fingerprint density at radius 2 is 1.88 bits per heavy atom. The van der Waals surface area contributed by atoms with Gasteiger partial charge in [0.05, 0.1) is 16.6 Å². The number of ether oxygens (including phenoxy) is 1. The van der Waals surface area contributed by atoms with E-state index in [2.05, 4.69) is 15.5 Å². The van der Waals surface area contributed by atoms with E-state index in [9.17, 15) is 14.4 Å². The van der Waals surface area contributed by atoms with E-state index in [-0.39, 0.29) is 23.7 Å². The molecule has 1 fully saturated rings. The van der Waals surface area contributed by atoms with Crippen molar-refractivity contribution in [3.05, 3.63) is 73.4 Å². The van der Waals surface area contributed by atoms with Gasteiger partial charge in [0.2, 0.25) is 18.1 Å². The predicted octanol–water partition coefficient (Wildman–Crippen LogP) is 1.04. The van der Waals surface area contributed by atoms with E-state index in [1.807, 2.05) is 4.90 Å². The Hall–Kier alpha value is -4.30. The number of hydrogen-bond acceptors (Lipinski definition) is 9. The second kappa shape index (κ2) is 10.0. The number of rotatable bonds is 4. The lowest BCUT2D eigenvalue weighted by Crippen LogP contribution is -2.50. The van der Waals surface area contributed by atoms with Crippen LogP contribution >= 0.6 is 23.2 Å². The molecule has 1 aromatic carbocycles. The monoisotopic (exact) mass is 586 g/mol. The number of halogens is 2. The molecule has 1 saturated heterocycles. The van der Waals surface area contributed by atoms with Crippen molar-refractivity contribution in [3.8, 4) is 0 Å². The molecule has 0 radical (unpaired) electrons. The molecule has 14 nitrogen and oxygen atoms in total. The summed E-state index contributed by atoms with van der Waals surface area (Å²) in [5.41, 5.74) is 3.14. The Bertz CT molecular complexity index is 1770. The fraction of sp³-hybridized carbons (Fsp3) is 0.333. The molecule has 16 heteroatoms. The van der Waals surface area contributed by atoms with Crippen molar-refractivity contribution in [2.45, 2.75) is 12.8 Å². The second-order valence-corrected chi connectivity index (χ2v) is 10.2. The summed E-state index contributed by atoms with van der Waals surface area (Å²) in [4.78, 5) is 51.1. The van der Waals surface area contributed by atoms with Crippen molar-refractivity contribution in [1.82, 2.24) is 38.6 Å². The van der Waals surface area contributed by atoms with Crippen LogP contribution in [0.3, 0.4) is 0 Å². The minimum atomic E-state index is -0.647. The molecule has 1 atom stereocenters. The molecule has 0 aliphatic carbocycles. The minimum absolute atomic E-state index is 0.155. The highest BCUT2D eigenvalue weighted by Gasteiger charge is 2.30. The van der Waals surface area contributed by atoms with E-state index in [0.717, 1.165) is 4.57 Å². The Morgan fingerprint density at radius 3 is 2.58 bits per heavy atom. The molecule has 208 valence electrons. The fourth-order valence-corrected chi connectivity index (χ4v) is 5.10. The van der Waals surface area contributed by atoms with Crippen LogP contribution in [0, 0.1) is 0 Å². The highest BCUT2D eigenvalue weighted by atomic mass is 35.5. The number of nitrogens with one attached hydrogen (secondary N) is 1. The van der Waals surface area contributed by atoms with E-state index >= 15 is 0 Å². The van der Waals surface area contributed by atoms with Crippen LogP contribution < -0.4 is 21.6 Å². The number of fused-ring (bicyclic) bond motifs is 1. The second-order valence-electron chi connectivity index (χ2n) is 9.41. The largest absolute Gasteiger partial charge is 0.449 e. The first kappa shape index (κ1) is 26.0. The van der Waals surface area contributed by atoms with Gasteiger partial charge in [0.25, 0.3) is 5.56 Å². The summed E-state index contributed by atoms with van der Waals surface area (Å²) in [6.45, 7) is 1.94. The maximum atomic E-state index is 13.3. The number of imidazole rings is 2. The number of hydrazone groups is 1. The molecule has 1 amide bonds. The van der Waals surface area contributed by atoms with Crippen LogP contribution in [0.1, 0.15) is 5.56 Å². The van der Waals surface area contributed by atoms with Gasteiger partial charge in [-0.2, -0.15) is 4.98 Å². The van der Waals surface area contributed by atoms with Crippen LogP contribution in [0.2, 0.25) is 10.0 Å². The number of piperazine rings is 1. The molecule has 40 heavy (non-hydrogen) atoms. The first-order valence-corrected chi connectivity index (χ1v) is 13.1. The van der Waals surface area contributed by atoms with Gasteiger partial charge in [-0.3, -0.25) is 28.5 Å². The summed E-state index contributed by atoms with van der Waals surface area (Å²) in [7, 11) is 3.00. The highest BCUT2D eigenvalue weighted by molar-refractivity contribution is 6.42. The normalized spacial score (nSPS) is 17.2. The molecule has 4 aromatic rings. The van der Waals surface area contributed by atoms with Crippen molar-refractivity contribution in [3.63, 3.8) is 0 Å². The fourth-order valence-electron chi connectivity index (χ4n) is 4.81. The van der Waals surface area contributed by atoms with Crippen molar-refractivity contribution >= 4 is 52.2 Å². The van der Waals surface area contributed by atoms with E-state index < -0.39 is 17.5 Å². The van der Waals surface area contributed by atoms with Gasteiger partial charge in [0.15, 0.2) is 11.2 Å². The maximum Gasteiger partial charge on any atom is 0.332 e. The van der Waals surface area contributed by atoms with Crippen LogP contribution in [-0.2, 0) is 25.4 Å². The van der Waals surface area contributed by atoms with Crippen molar-refractivity contribution in [2.75, 3.05) is 31.1 Å². The molecule has 1 N–H and O–H groups in total. The topological polar surface area (TPSA) is 137 Å². The maximum absolute atomic E-state index is 13.3. The van der Waals surface area contributed by atoms with Crippen molar-refractivity contribution in [2.24, 2.45) is 19.2 Å². The highest BCUT2D eigenvalue weighted by Crippen LogP contribution is 2.26. The molecular weight excluding hydrogens is 563 g/mol. The van der Waals surface area contributed by atoms with Crippen LogP contribution in [0.5, 0.6) is 0 Å². The zero-order valence-corrected chi connectivity index (χ0v) is 23.0. The molecule has 0 spiro atoms. The number of hydrogen-bond donors (Lipinski definition) is 1. The first-order valence-electron chi connectivity index (χ1n) is 12.4. The Morgan fingerprint density at radius 1 is 1.10 bits per heavy atom. The van der Waals surface area contributed by atoms with Crippen LogP contribution in [0.25, 0.3) is 11.2 Å². The summed E-state index contributed by atoms with van der Waals surface area (Å²) in [6, 6.07) is 4.88. The van der Waals surface area contributed by atoms with Gasteiger partial charge in [0, 0.05) is 58.2 Å². The number of aromatic nitrogens is 6. The lowest BCUT2D eigenvalue weighted by Gasteiger charge is -2.35. The van der Waals surface area contributed by atoms with E-state index in [1.54, 1.807) is 47.1 Å². The minimum Gasteiger partial charge on any atom is -0.449 e. The van der Waals surface area contributed by atoms with Crippen molar-refractivity contribution < 1.29 is 9.53 Å². The van der Waals surface area contributed by atoms with E-state index in [1.165, 1.54) is 22.5 Å². The number of benzene rings is 1. The zero-order valence-electron chi connectivity index (χ0n) is 21.5. The summed E-state index contributed by atoms with van der Waals surface area (Å²) in [5.74, 6) is 0.804. The predicted molar refractivity (Wildman–Crippen MR) is 148 cm³/mol. The van der Waals surface area contributed by atoms with Crippen LogP contribution in [0.4, 0.5) is 10.7 Å². The number of amides is 1. The summed E-state index contributed by atoms with van der Waals surface area (Å²) in [5, 5.41) is 5.07. The quantitative estimate of drug-likeness (QED) is 0.374. The number of aryl methyl sites for hydroxylation is 1. The van der Waals surface area contributed by atoms with Crippen molar-refractivity contribution in [1.29, 1.82) is 0 Å². The zero-order chi connectivity index (χ0) is 28.1. The Balaban J connectivity index is 1.30. The SMILES string of the molecule is Cn1c(=O)c2c(nc(N3CCN(C(=O)n4ccnc4)CC3)n2CC2NN=C(c3ccc(Cl)c(Cl)c3)O2)n(C)c1=O. The van der Waals surface area contributed by atoms with Gasteiger partial charge >= 0.3 is 11.7 Å². The molecule has 6 rings (SSSR count). The molecule has 0 saturated carbocycles. The van der Waals surface area contributed by atoms with Crippen LogP contribution in [-0.4, -0.2) is 77.5 Å². The number of carbonyl (C=O) groups excluding carboxylic acids is 1. The summed E-state index contributed by atoms with van der Waals surface area (Å²) >= 11 is 12.2. The average molecular weight is 587 g/mol. The van der Waals surface area contributed by atoms with Gasteiger partial charge in [-0.05, 0) is 18.2 Å². The molecule has 5 heterocycles. The molecule has 0 bridgehead atoms. The molecule has 3 aromatic heterocycles. The molecule has 2 aliphatic rings. The third kappa shape index (κ3) is 4.38. The Labute approximate surface area is 236 Å². The summed E-state index contributed by atoms with van der Waals surface area (Å²) in [6.07, 6.45) is 3.98. The molecule has 1 unspecified atom stereocenters. The lowest BCUT2D eigenvalue weighted by molar-refractivity contribution is 0.167. The van der Waals surface area contributed by atoms with E-state index in [4.69, 9.17) is 32.9 Å². The third-order valence-corrected chi connectivity index (χ3v) is 7.70. The number of anilines is 1. The summed E-state index contributed by atoms with van der Waals surface area (Å²) < 4.78 is 11.6. The molecule has 2 aliphatic heterocycles. The number of carbonyl (C=O) groups is 1. The van der Waals surface area contributed by atoms with Gasteiger partial charge in [-0.1, -0.05) is 23.2 Å². The Kier molecular flexibility index (Phi) is 6.50. The smallest absolute Gasteiger partial charge is 0.332 e. The number of nitrogens with zero attached hydrogens (tertiary/aromatic N) is 9.